The van der Waals surface area contributed by atoms with E-state index in [9.17, 15) is 17.6 Å². The summed E-state index contributed by atoms with van der Waals surface area (Å²) in [5.41, 5.74) is 0.544. The van der Waals surface area contributed by atoms with Crippen LogP contribution in [0.15, 0.2) is 35.5 Å². The van der Waals surface area contributed by atoms with Gasteiger partial charge in [-0.25, -0.2) is 32.7 Å². The molecule has 166 valence electrons. The highest BCUT2D eigenvalue weighted by Crippen LogP contribution is 2.35. The molecule has 10 nitrogen and oxygen atoms in total. The van der Waals surface area contributed by atoms with Crippen LogP contribution in [-0.4, -0.2) is 42.7 Å². The van der Waals surface area contributed by atoms with Crippen molar-refractivity contribution >= 4 is 27.8 Å². The Hall–Kier alpha value is -2.83. The first-order valence-corrected chi connectivity index (χ1v) is 11.2. The Morgan fingerprint density at radius 1 is 1.32 bits per heavy atom. The van der Waals surface area contributed by atoms with E-state index < -0.39 is 21.9 Å². The summed E-state index contributed by atoms with van der Waals surface area (Å²) >= 11 is 0. The average Bonchev–Trinajstić information content (AvgIpc) is 3.23. The second-order valence-electron chi connectivity index (χ2n) is 7.92. The molecule has 1 amide bonds. The zero-order chi connectivity index (χ0) is 22.2. The fourth-order valence-corrected chi connectivity index (χ4v) is 3.64. The Bertz CT molecular complexity index is 1090. The van der Waals surface area contributed by atoms with Gasteiger partial charge in [0.15, 0.2) is 0 Å². The summed E-state index contributed by atoms with van der Waals surface area (Å²) in [6.45, 7) is 2.24. The van der Waals surface area contributed by atoms with E-state index in [1.807, 2.05) is 6.92 Å². The van der Waals surface area contributed by atoms with Gasteiger partial charge in [-0.2, -0.15) is 0 Å². The number of anilines is 2. The summed E-state index contributed by atoms with van der Waals surface area (Å²) in [5.74, 6) is -0.689. The fraction of sp³-hybridized carbons (Fsp3) is 0.421. The van der Waals surface area contributed by atoms with Gasteiger partial charge in [-0.15, -0.1) is 0 Å². The summed E-state index contributed by atoms with van der Waals surface area (Å²) in [6, 6.07) is 3.24. The molecule has 0 bridgehead atoms. The lowest BCUT2D eigenvalue weighted by molar-refractivity contribution is 0.0683. The highest BCUT2D eigenvalue weighted by Gasteiger charge is 2.40. The lowest BCUT2D eigenvalue weighted by atomic mass is 10.1. The number of nitrogens with zero attached hydrogens (tertiary/aromatic N) is 2. The highest BCUT2D eigenvalue weighted by atomic mass is 32.2. The minimum absolute atomic E-state index is 0.00102. The molecule has 0 spiro atoms. The first kappa shape index (κ1) is 21.4. The van der Waals surface area contributed by atoms with Crippen LogP contribution in [0.25, 0.3) is 0 Å². The zero-order valence-electron chi connectivity index (χ0n) is 16.7. The lowest BCUT2D eigenvalue weighted by Crippen LogP contribution is -2.37. The third-order valence-corrected chi connectivity index (χ3v) is 6.11. The number of carbonyl (C=O) groups excluding carboxylic acids is 1. The number of carbonyl (C=O) groups is 1. The molecular formula is C19H22FN5O5S. The summed E-state index contributed by atoms with van der Waals surface area (Å²) in [7, 11) is -4.00. The molecule has 4 rings (SSSR count). The first-order chi connectivity index (χ1) is 14.6. The molecule has 0 radical (unpaired) electrons. The Balaban J connectivity index is 1.34. The van der Waals surface area contributed by atoms with Crippen LogP contribution in [-0.2, 0) is 19.5 Å². The van der Waals surface area contributed by atoms with Gasteiger partial charge in [-0.1, -0.05) is 0 Å². The maximum absolute atomic E-state index is 14.1. The number of sulfonamides is 1. The van der Waals surface area contributed by atoms with Crippen molar-refractivity contribution < 1.29 is 27.1 Å². The van der Waals surface area contributed by atoms with E-state index in [2.05, 4.69) is 20.6 Å². The summed E-state index contributed by atoms with van der Waals surface area (Å²) in [6.07, 6.45) is 4.30. The predicted octanol–water partition coefficient (Wildman–Crippen LogP) is 2.12. The van der Waals surface area contributed by atoms with E-state index in [0.29, 0.717) is 12.0 Å². The van der Waals surface area contributed by atoms with Crippen LogP contribution in [0.4, 0.5) is 20.8 Å². The van der Waals surface area contributed by atoms with Gasteiger partial charge >= 0.3 is 6.09 Å². The van der Waals surface area contributed by atoms with Crippen LogP contribution in [0.1, 0.15) is 37.9 Å². The number of alkyl carbamates (subject to hydrolysis) is 1. The van der Waals surface area contributed by atoms with Gasteiger partial charge in [0.25, 0.3) is 0 Å². The van der Waals surface area contributed by atoms with Crippen LogP contribution in [0.2, 0.25) is 0 Å². The molecule has 1 aromatic carbocycles. The molecule has 1 saturated heterocycles. The Morgan fingerprint density at radius 2 is 2.03 bits per heavy atom. The quantitative estimate of drug-likeness (QED) is 0.605. The maximum Gasteiger partial charge on any atom is 0.407 e. The summed E-state index contributed by atoms with van der Waals surface area (Å²) in [5, 5.41) is 10.5. The van der Waals surface area contributed by atoms with E-state index in [1.165, 1.54) is 24.5 Å². The Labute approximate surface area is 178 Å². The number of primary sulfonamides is 1. The molecule has 31 heavy (non-hydrogen) atoms. The molecule has 2 heterocycles. The summed E-state index contributed by atoms with van der Waals surface area (Å²) < 4.78 is 47.8. The second kappa shape index (κ2) is 8.02. The number of hydrogen-bond donors (Lipinski definition) is 3. The van der Waals surface area contributed by atoms with Crippen LogP contribution in [0.5, 0.6) is 0 Å². The second-order valence-corrected chi connectivity index (χ2v) is 9.48. The molecular weight excluding hydrogens is 429 g/mol. The zero-order valence-corrected chi connectivity index (χ0v) is 17.5. The maximum atomic E-state index is 14.1. The van der Waals surface area contributed by atoms with Crippen LogP contribution in [0.3, 0.4) is 0 Å². The third kappa shape index (κ3) is 5.27. The number of hydrogen-bond acceptors (Lipinski definition) is 8. The number of nitrogens with two attached hydrogens (primary N) is 1. The smallest absolute Gasteiger partial charge is 0.407 e. The third-order valence-electron chi connectivity index (χ3n) is 5.20. The van der Waals surface area contributed by atoms with Crippen molar-refractivity contribution in [1.29, 1.82) is 0 Å². The van der Waals surface area contributed by atoms with Crippen molar-refractivity contribution in [2.24, 2.45) is 5.14 Å². The van der Waals surface area contributed by atoms with Crippen molar-refractivity contribution in [3.63, 3.8) is 0 Å². The molecule has 4 N–H and O–H groups in total. The molecule has 1 aliphatic carbocycles. The number of amides is 1. The van der Waals surface area contributed by atoms with Crippen molar-refractivity contribution in [1.82, 2.24) is 15.3 Å². The Kier molecular flexibility index (Phi) is 5.54. The first-order valence-electron chi connectivity index (χ1n) is 9.63. The van der Waals surface area contributed by atoms with Crippen molar-refractivity contribution in [2.75, 3.05) is 11.9 Å². The number of benzene rings is 1. The fourth-order valence-electron chi connectivity index (χ4n) is 3.12. The van der Waals surface area contributed by atoms with E-state index in [4.69, 9.17) is 14.6 Å². The lowest BCUT2D eigenvalue weighted by Gasteiger charge is -2.15. The monoisotopic (exact) mass is 451 g/mol. The molecule has 1 aliphatic heterocycles. The standard InChI is InChI=1S/C19H22FN5O5S/c1-19(4-5-19)25-18(26)30-12-6-16(29-10-12)11-8-22-17(23-9-11)24-15-3-2-13(7-14(15)20)31(21,27)28/h2-3,7-9,12,16H,4-6,10H2,1H3,(H,25,26)(H2,21,27,28)(H,22,23,24)/t12-,16+/m1/s1. The topological polar surface area (TPSA) is 146 Å². The van der Waals surface area contributed by atoms with Crippen LogP contribution < -0.4 is 15.8 Å². The molecule has 1 saturated carbocycles. The summed E-state index contributed by atoms with van der Waals surface area (Å²) in [4.78, 5) is 19.9. The van der Waals surface area contributed by atoms with E-state index in [1.54, 1.807) is 0 Å². The van der Waals surface area contributed by atoms with Gasteiger partial charge in [0.05, 0.1) is 23.3 Å². The van der Waals surface area contributed by atoms with Gasteiger partial charge in [-0.05, 0) is 38.0 Å². The minimum Gasteiger partial charge on any atom is -0.444 e. The van der Waals surface area contributed by atoms with Crippen molar-refractivity contribution in [2.45, 2.75) is 48.8 Å². The molecule has 12 heteroatoms. The molecule has 1 aromatic heterocycles. The predicted molar refractivity (Wildman–Crippen MR) is 107 cm³/mol. The number of aromatic nitrogens is 2. The van der Waals surface area contributed by atoms with E-state index >= 15 is 0 Å². The van der Waals surface area contributed by atoms with Gasteiger partial charge in [0, 0.05) is 29.9 Å². The van der Waals surface area contributed by atoms with E-state index in [0.717, 1.165) is 18.9 Å². The minimum atomic E-state index is -4.00. The molecule has 2 aromatic rings. The van der Waals surface area contributed by atoms with Crippen LogP contribution in [0, 0.1) is 5.82 Å². The molecule has 2 aliphatic rings. The molecule has 2 fully saturated rings. The normalized spacial score (nSPS) is 22.0. The number of nitrogens with one attached hydrogen (secondary N) is 2. The molecule has 0 unspecified atom stereocenters. The van der Waals surface area contributed by atoms with Gasteiger partial charge < -0.3 is 20.1 Å². The van der Waals surface area contributed by atoms with Gasteiger partial charge in [0.1, 0.15) is 11.9 Å². The largest absolute Gasteiger partial charge is 0.444 e. The van der Waals surface area contributed by atoms with Gasteiger partial charge in [0.2, 0.25) is 16.0 Å². The Morgan fingerprint density at radius 3 is 2.65 bits per heavy atom. The number of halogens is 1. The number of ether oxygens (including phenoxy) is 2. The van der Waals surface area contributed by atoms with Crippen molar-refractivity contribution in [3.8, 4) is 0 Å². The molecule has 2 atom stereocenters. The number of rotatable bonds is 6. The van der Waals surface area contributed by atoms with E-state index in [-0.39, 0.29) is 40.9 Å². The van der Waals surface area contributed by atoms with Gasteiger partial charge in [-0.3, -0.25) is 0 Å². The SMILES string of the molecule is CC1(NC(=O)O[C@H]2CO[C@H](c3cnc(Nc4ccc(S(N)(=O)=O)cc4F)nc3)C2)CC1. The average molecular weight is 451 g/mol. The van der Waals surface area contributed by atoms with Crippen LogP contribution >= 0.6 is 0 Å². The van der Waals surface area contributed by atoms with Crippen molar-refractivity contribution in [3.05, 3.63) is 42.0 Å². The highest BCUT2D eigenvalue weighted by molar-refractivity contribution is 7.89.